The summed E-state index contributed by atoms with van der Waals surface area (Å²) in [5.41, 5.74) is 1.57. The molecule has 1 N–H and O–H groups in total. The zero-order chi connectivity index (χ0) is 14.2. The number of para-hydroxylation sites is 1. The van der Waals surface area contributed by atoms with Gasteiger partial charge in [-0.15, -0.1) is 0 Å². The smallest absolute Gasteiger partial charge is 0.245 e. The highest BCUT2D eigenvalue weighted by atomic mass is 32.2. The van der Waals surface area contributed by atoms with Crippen LogP contribution in [0, 0.1) is 6.92 Å². The quantitative estimate of drug-likeness (QED) is 0.901. The van der Waals surface area contributed by atoms with E-state index in [9.17, 15) is 8.42 Å². The SMILES string of the molecule is Cc1cnc2c(S(=O)(=O)N3CCNCC3)cccc2c1. The van der Waals surface area contributed by atoms with Crippen molar-refractivity contribution < 1.29 is 8.42 Å². The zero-order valence-electron chi connectivity index (χ0n) is 11.3. The van der Waals surface area contributed by atoms with Crippen LogP contribution in [0.2, 0.25) is 0 Å². The third kappa shape index (κ3) is 2.30. The van der Waals surface area contributed by atoms with Gasteiger partial charge >= 0.3 is 0 Å². The number of nitrogens with zero attached hydrogens (tertiary/aromatic N) is 2. The molecule has 0 saturated carbocycles. The van der Waals surface area contributed by atoms with Crippen LogP contribution in [0.3, 0.4) is 0 Å². The number of nitrogens with one attached hydrogen (secondary N) is 1. The fourth-order valence-electron chi connectivity index (χ4n) is 2.47. The van der Waals surface area contributed by atoms with E-state index in [1.165, 1.54) is 4.31 Å². The third-order valence-electron chi connectivity index (χ3n) is 3.50. The van der Waals surface area contributed by atoms with E-state index in [0.29, 0.717) is 36.6 Å². The average molecular weight is 291 g/mol. The minimum absolute atomic E-state index is 0.303. The third-order valence-corrected chi connectivity index (χ3v) is 5.43. The van der Waals surface area contributed by atoms with Gasteiger partial charge in [0.2, 0.25) is 10.0 Å². The standard InChI is InChI=1S/C14H17N3O2S/c1-11-9-12-3-2-4-13(14(12)16-10-11)20(18,19)17-7-5-15-6-8-17/h2-4,9-10,15H,5-8H2,1H3. The summed E-state index contributed by atoms with van der Waals surface area (Å²) in [5, 5.41) is 4.02. The molecular weight excluding hydrogens is 274 g/mol. The molecule has 0 aliphatic carbocycles. The number of hydrogen-bond donors (Lipinski definition) is 1. The van der Waals surface area contributed by atoms with E-state index in [2.05, 4.69) is 10.3 Å². The maximum absolute atomic E-state index is 12.7. The van der Waals surface area contributed by atoms with Crippen molar-refractivity contribution in [3.8, 4) is 0 Å². The minimum atomic E-state index is -3.47. The van der Waals surface area contributed by atoms with Gasteiger partial charge in [0.15, 0.2) is 0 Å². The first-order valence-electron chi connectivity index (χ1n) is 6.65. The van der Waals surface area contributed by atoms with Crippen molar-refractivity contribution in [1.29, 1.82) is 0 Å². The fourth-order valence-corrected chi connectivity index (χ4v) is 4.08. The van der Waals surface area contributed by atoms with Crippen LogP contribution >= 0.6 is 0 Å². The highest BCUT2D eigenvalue weighted by molar-refractivity contribution is 7.89. The highest BCUT2D eigenvalue weighted by Gasteiger charge is 2.27. The minimum Gasteiger partial charge on any atom is -0.314 e. The van der Waals surface area contributed by atoms with Gasteiger partial charge < -0.3 is 5.32 Å². The molecule has 2 aromatic rings. The van der Waals surface area contributed by atoms with Gasteiger partial charge in [0.1, 0.15) is 4.90 Å². The molecule has 0 radical (unpaired) electrons. The zero-order valence-corrected chi connectivity index (χ0v) is 12.2. The predicted octanol–water partition coefficient (Wildman–Crippen LogP) is 1.14. The molecule has 3 rings (SSSR count). The Morgan fingerprint density at radius 3 is 2.75 bits per heavy atom. The van der Waals surface area contributed by atoms with Gasteiger partial charge in [0.05, 0.1) is 5.52 Å². The highest BCUT2D eigenvalue weighted by Crippen LogP contribution is 2.24. The lowest BCUT2D eigenvalue weighted by Gasteiger charge is -2.26. The Kier molecular flexibility index (Phi) is 3.45. The summed E-state index contributed by atoms with van der Waals surface area (Å²) < 4.78 is 27.0. The summed E-state index contributed by atoms with van der Waals surface area (Å²) in [6.07, 6.45) is 1.71. The van der Waals surface area contributed by atoms with Crippen molar-refractivity contribution in [2.75, 3.05) is 26.2 Å². The molecule has 20 heavy (non-hydrogen) atoms. The first kappa shape index (κ1) is 13.5. The Morgan fingerprint density at radius 2 is 2.00 bits per heavy atom. The lowest BCUT2D eigenvalue weighted by atomic mass is 10.2. The van der Waals surface area contributed by atoms with Crippen molar-refractivity contribution in [2.45, 2.75) is 11.8 Å². The fraction of sp³-hybridized carbons (Fsp3) is 0.357. The van der Waals surface area contributed by atoms with Crippen LogP contribution in [0.25, 0.3) is 10.9 Å². The largest absolute Gasteiger partial charge is 0.314 e. The van der Waals surface area contributed by atoms with E-state index in [1.807, 2.05) is 19.1 Å². The number of rotatable bonds is 2. The Morgan fingerprint density at radius 1 is 1.25 bits per heavy atom. The van der Waals surface area contributed by atoms with Crippen molar-refractivity contribution in [3.05, 3.63) is 36.0 Å². The van der Waals surface area contributed by atoms with Gasteiger partial charge in [0.25, 0.3) is 0 Å². The van der Waals surface area contributed by atoms with Gasteiger partial charge in [-0.1, -0.05) is 12.1 Å². The van der Waals surface area contributed by atoms with Crippen molar-refractivity contribution >= 4 is 20.9 Å². The maximum Gasteiger partial charge on any atom is 0.245 e. The lowest BCUT2D eigenvalue weighted by Crippen LogP contribution is -2.46. The van der Waals surface area contributed by atoms with Gasteiger partial charge in [-0.05, 0) is 24.6 Å². The summed E-state index contributed by atoms with van der Waals surface area (Å²) in [4.78, 5) is 4.62. The van der Waals surface area contributed by atoms with E-state index in [0.717, 1.165) is 10.9 Å². The molecule has 2 heterocycles. The molecule has 1 aliphatic rings. The van der Waals surface area contributed by atoms with Gasteiger partial charge in [-0.2, -0.15) is 4.31 Å². The number of sulfonamides is 1. The number of pyridine rings is 1. The number of piperazine rings is 1. The molecule has 1 saturated heterocycles. The lowest BCUT2D eigenvalue weighted by molar-refractivity contribution is 0.360. The maximum atomic E-state index is 12.7. The Balaban J connectivity index is 2.13. The van der Waals surface area contributed by atoms with Crippen molar-refractivity contribution in [2.24, 2.45) is 0 Å². The average Bonchev–Trinajstić information content (AvgIpc) is 2.47. The monoisotopic (exact) mass is 291 g/mol. The van der Waals surface area contributed by atoms with Crippen LogP contribution in [0.5, 0.6) is 0 Å². The van der Waals surface area contributed by atoms with Crippen LogP contribution in [-0.4, -0.2) is 43.9 Å². The van der Waals surface area contributed by atoms with E-state index in [-0.39, 0.29) is 0 Å². The number of fused-ring (bicyclic) bond motifs is 1. The predicted molar refractivity (Wildman–Crippen MR) is 78.1 cm³/mol. The van der Waals surface area contributed by atoms with Crippen LogP contribution < -0.4 is 5.32 Å². The van der Waals surface area contributed by atoms with Crippen LogP contribution in [0.1, 0.15) is 5.56 Å². The molecule has 1 aliphatic heterocycles. The van der Waals surface area contributed by atoms with Crippen LogP contribution in [-0.2, 0) is 10.0 Å². The van der Waals surface area contributed by atoms with Gasteiger partial charge in [-0.25, -0.2) is 8.42 Å². The van der Waals surface area contributed by atoms with E-state index >= 15 is 0 Å². The Bertz CT molecular complexity index is 737. The van der Waals surface area contributed by atoms with E-state index in [4.69, 9.17) is 0 Å². The second-order valence-electron chi connectivity index (χ2n) is 4.99. The number of benzene rings is 1. The number of aromatic nitrogens is 1. The molecule has 0 amide bonds. The molecule has 1 aromatic heterocycles. The molecule has 0 bridgehead atoms. The Labute approximate surface area is 118 Å². The second-order valence-corrected chi connectivity index (χ2v) is 6.90. The first-order chi connectivity index (χ1) is 9.59. The molecule has 1 fully saturated rings. The van der Waals surface area contributed by atoms with Crippen LogP contribution in [0.15, 0.2) is 35.4 Å². The summed E-state index contributed by atoms with van der Waals surface area (Å²) in [5.74, 6) is 0. The van der Waals surface area contributed by atoms with Crippen molar-refractivity contribution in [3.63, 3.8) is 0 Å². The topological polar surface area (TPSA) is 62.3 Å². The first-order valence-corrected chi connectivity index (χ1v) is 8.09. The summed E-state index contributed by atoms with van der Waals surface area (Å²) >= 11 is 0. The van der Waals surface area contributed by atoms with Crippen LogP contribution in [0.4, 0.5) is 0 Å². The van der Waals surface area contributed by atoms with E-state index in [1.54, 1.807) is 18.3 Å². The number of hydrogen-bond acceptors (Lipinski definition) is 4. The normalized spacial score (nSPS) is 17.4. The molecule has 6 heteroatoms. The molecular formula is C14H17N3O2S. The summed E-state index contributed by atoms with van der Waals surface area (Å²) in [6, 6.07) is 7.27. The van der Waals surface area contributed by atoms with Gasteiger partial charge in [0, 0.05) is 37.8 Å². The molecule has 0 spiro atoms. The molecule has 106 valence electrons. The number of aryl methyl sites for hydroxylation is 1. The molecule has 0 atom stereocenters. The Hall–Kier alpha value is -1.50. The van der Waals surface area contributed by atoms with Gasteiger partial charge in [-0.3, -0.25) is 4.98 Å². The molecule has 5 nitrogen and oxygen atoms in total. The molecule has 1 aromatic carbocycles. The summed E-state index contributed by atoms with van der Waals surface area (Å²) in [7, 11) is -3.47. The van der Waals surface area contributed by atoms with E-state index < -0.39 is 10.0 Å². The summed E-state index contributed by atoms with van der Waals surface area (Å²) in [6.45, 7) is 4.34. The van der Waals surface area contributed by atoms with Crippen molar-refractivity contribution in [1.82, 2.24) is 14.6 Å². The second kappa shape index (κ2) is 5.12. The molecule has 0 unspecified atom stereocenters.